The van der Waals surface area contributed by atoms with E-state index in [1.54, 1.807) is 6.92 Å². The Hall–Kier alpha value is -2.09. The maximum atomic E-state index is 13.6. The van der Waals surface area contributed by atoms with Gasteiger partial charge in [0.15, 0.2) is 0 Å². The zero-order valence-electron chi connectivity index (χ0n) is 11.7. The van der Waals surface area contributed by atoms with Crippen molar-refractivity contribution in [1.29, 1.82) is 0 Å². The number of hydrogen-bond donors (Lipinski definition) is 2. The fourth-order valence-electron chi connectivity index (χ4n) is 1.81. The second-order valence-corrected chi connectivity index (χ2v) is 5.37. The highest BCUT2D eigenvalue weighted by Gasteiger charge is 2.23. The van der Waals surface area contributed by atoms with E-state index in [4.69, 9.17) is 4.74 Å². The number of carbonyl (C=O) groups is 2. The molecular formula is C14H14F2N2O3S. The van der Waals surface area contributed by atoms with Crippen LogP contribution in [0.4, 0.5) is 13.6 Å². The predicted octanol–water partition coefficient (Wildman–Crippen LogP) is 2.19. The molecule has 2 rings (SSSR count). The summed E-state index contributed by atoms with van der Waals surface area (Å²) >= 11 is 0.986. The highest BCUT2D eigenvalue weighted by atomic mass is 32.2. The smallest absolute Gasteiger partial charge is 0.337 e. The van der Waals surface area contributed by atoms with E-state index in [0.29, 0.717) is 5.70 Å². The number of esters is 1. The van der Waals surface area contributed by atoms with Gasteiger partial charge in [-0.15, -0.1) is 11.8 Å². The molecule has 1 aliphatic heterocycles. The minimum absolute atomic E-state index is 0.0339. The largest absolute Gasteiger partial charge is 0.463 e. The van der Waals surface area contributed by atoms with Crippen LogP contribution in [0.15, 0.2) is 34.4 Å². The molecule has 8 heteroatoms. The first-order chi connectivity index (χ1) is 10.5. The molecule has 1 aromatic carbocycles. The van der Waals surface area contributed by atoms with E-state index in [1.807, 2.05) is 0 Å². The molecule has 1 aromatic rings. The third-order valence-electron chi connectivity index (χ3n) is 2.84. The molecule has 5 nitrogen and oxygen atoms in total. The van der Waals surface area contributed by atoms with Crippen LogP contribution >= 0.6 is 11.8 Å². The van der Waals surface area contributed by atoms with Crippen LogP contribution in [-0.4, -0.2) is 30.9 Å². The molecule has 2 amide bonds. The van der Waals surface area contributed by atoms with Crippen LogP contribution in [0.1, 0.15) is 6.92 Å². The second kappa shape index (κ2) is 7.26. The summed E-state index contributed by atoms with van der Waals surface area (Å²) in [5.41, 5.74) is 0.599. The third-order valence-corrected chi connectivity index (χ3v) is 3.90. The number of hydrogen-bond acceptors (Lipinski definition) is 4. The second-order valence-electron chi connectivity index (χ2n) is 4.35. The molecule has 0 fully saturated rings. The summed E-state index contributed by atoms with van der Waals surface area (Å²) < 4.78 is 31.6. The summed E-state index contributed by atoms with van der Waals surface area (Å²) in [4.78, 5) is 23.3. The van der Waals surface area contributed by atoms with Crippen LogP contribution in [0.5, 0.6) is 0 Å². The van der Waals surface area contributed by atoms with Gasteiger partial charge >= 0.3 is 12.0 Å². The lowest BCUT2D eigenvalue weighted by molar-refractivity contribution is -0.138. The van der Waals surface area contributed by atoms with Gasteiger partial charge in [0.05, 0.1) is 18.7 Å². The van der Waals surface area contributed by atoms with Crippen LogP contribution in [-0.2, 0) is 9.53 Å². The standard InChI is InChI=1S/C14H14F2N2O3S/c1-2-21-13(19)9-6-17-14(20)18-11(9)7-22-12-5-8(15)3-4-10(12)16/h3-5H,2,6-7H2,1H3,(H2,17,18,20). The predicted molar refractivity (Wildman–Crippen MR) is 77.3 cm³/mol. The van der Waals surface area contributed by atoms with Crippen molar-refractivity contribution in [2.75, 3.05) is 18.9 Å². The van der Waals surface area contributed by atoms with Crippen molar-refractivity contribution in [1.82, 2.24) is 10.6 Å². The fraction of sp³-hybridized carbons (Fsp3) is 0.286. The number of amides is 2. The van der Waals surface area contributed by atoms with Crippen molar-refractivity contribution in [2.24, 2.45) is 0 Å². The van der Waals surface area contributed by atoms with Gasteiger partial charge in [-0.25, -0.2) is 18.4 Å². The molecule has 118 valence electrons. The minimum Gasteiger partial charge on any atom is -0.463 e. The number of ether oxygens (including phenoxy) is 1. The van der Waals surface area contributed by atoms with Gasteiger partial charge < -0.3 is 15.4 Å². The summed E-state index contributed by atoms with van der Waals surface area (Å²) in [6.07, 6.45) is 0. The van der Waals surface area contributed by atoms with Crippen molar-refractivity contribution < 1.29 is 23.1 Å². The molecule has 0 spiro atoms. The molecule has 0 atom stereocenters. The van der Waals surface area contributed by atoms with Crippen molar-refractivity contribution in [3.8, 4) is 0 Å². The van der Waals surface area contributed by atoms with Crippen molar-refractivity contribution in [3.63, 3.8) is 0 Å². The van der Waals surface area contributed by atoms with Gasteiger partial charge in [-0.05, 0) is 25.1 Å². The average molecular weight is 328 g/mol. The normalized spacial score (nSPS) is 14.4. The summed E-state index contributed by atoms with van der Waals surface area (Å²) in [5, 5.41) is 4.97. The van der Waals surface area contributed by atoms with Crippen LogP contribution in [0.3, 0.4) is 0 Å². The first kappa shape index (κ1) is 16.3. The van der Waals surface area contributed by atoms with E-state index in [-0.39, 0.29) is 29.4 Å². The topological polar surface area (TPSA) is 67.4 Å². The van der Waals surface area contributed by atoms with Gasteiger partial charge in [-0.2, -0.15) is 0 Å². The average Bonchev–Trinajstić information content (AvgIpc) is 2.48. The van der Waals surface area contributed by atoms with E-state index < -0.39 is 23.6 Å². The molecule has 0 saturated carbocycles. The Morgan fingerprint density at radius 1 is 1.41 bits per heavy atom. The molecule has 0 saturated heterocycles. The molecule has 22 heavy (non-hydrogen) atoms. The maximum absolute atomic E-state index is 13.6. The first-order valence-electron chi connectivity index (χ1n) is 6.53. The summed E-state index contributed by atoms with van der Waals surface area (Å²) in [7, 11) is 0. The Labute approximate surface area is 130 Å². The van der Waals surface area contributed by atoms with Gasteiger partial charge in [-0.1, -0.05) is 0 Å². The molecular weight excluding hydrogens is 314 g/mol. The number of halogens is 2. The van der Waals surface area contributed by atoms with Crippen molar-refractivity contribution in [2.45, 2.75) is 11.8 Å². The van der Waals surface area contributed by atoms with Gasteiger partial charge in [0, 0.05) is 16.3 Å². The van der Waals surface area contributed by atoms with E-state index in [0.717, 1.165) is 30.0 Å². The van der Waals surface area contributed by atoms with Crippen molar-refractivity contribution >= 4 is 23.8 Å². The number of thioether (sulfide) groups is 1. The van der Waals surface area contributed by atoms with Crippen LogP contribution in [0.25, 0.3) is 0 Å². The Morgan fingerprint density at radius 2 is 2.18 bits per heavy atom. The lowest BCUT2D eigenvalue weighted by atomic mass is 10.2. The highest BCUT2D eigenvalue weighted by Crippen LogP contribution is 2.25. The number of nitrogens with one attached hydrogen (secondary N) is 2. The molecule has 0 aliphatic carbocycles. The summed E-state index contributed by atoms with van der Waals surface area (Å²) in [6, 6.07) is 2.66. The van der Waals surface area contributed by atoms with Crippen LogP contribution < -0.4 is 10.6 Å². The zero-order chi connectivity index (χ0) is 16.1. The molecule has 0 bridgehead atoms. The SMILES string of the molecule is CCOC(=O)C1=C(CSc2cc(F)ccc2F)NC(=O)NC1. The van der Waals surface area contributed by atoms with Gasteiger partial charge in [0.1, 0.15) is 11.6 Å². The van der Waals surface area contributed by atoms with E-state index in [1.165, 1.54) is 0 Å². The maximum Gasteiger partial charge on any atom is 0.337 e. The van der Waals surface area contributed by atoms with E-state index >= 15 is 0 Å². The molecule has 0 unspecified atom stereocenters. The molecule has 0 aromatic heterocycles. The number of carbonyl (C=O) groups excluding carboxylic acids is 2. The third kappa shape index (κ3) is 3.97. The van der Waals surface area contributed by atoms with Crippen LogP contribution in [0.2, 0.25) is 0 Å². The summed E-state index contributed by atoms with van der Waals surface area (Å²) in [5.74, 6) is -1.56. The minimum atomic E-state index is -0.565. The molecule has 0 radical (unpaired) electrons. The van der Waals surface area contributed by atoms with Gasteiger partial charge in [-0.3, -0.25) is 0 Å². The molecule has 2 N–H and O–H groups in total. The zero-order valence-corrected chi connectivity index (χ0v) is 12.6. The van der Waals surface area contributed by atoms with Gasteiger partial charge in [0.2, 0.25) is 0 Å². The Bertz CT molecular complexity index is 635. The number of benzene rings is 1. The Kier molecular flexibility index (Phi) is 5.37. The number of rotatable bonds is 5. The van der Waals surface area contributed by atoms with E-state index in [9.17, 15) is 18.4 Å². The first-order valence-corrected chi connectivity index (χ1v) is 7.51. The Balaban J connectivity index is 2.17. The van der Waals surface area contributed by atoms with Gasteiger partial charge in [0.25, 0.3) is 0 Å². The fourth-order valence-corrected chi connectivity index (χ4v) is 2.75. The number of urea groups is 1. The quantitative estimate of drug-likeness (QED) is 0.642. The summed E-state index contributed by atoms with van der Waals surface area (Å²) in [6.45, 7) is 1.91. The lowest BCUT2D eigenvalue weighted by Gasteiger charge is -2.21. The highest BCUT2D eigenvalue weighted by molar-refractivity contribution is 7.99. The van der Waals surface area contributed by atoms with Crippen molar-refractivity contribution in [3.05, 3.63) is 41.1 Å². The molecule has 1 heterocycles. The lowest BCUT2D eigenvalue weighted by Crippen LogP contribution is -2.44. The Morgan fingerprint density at radius 3 is 2.91 bits per heavy atom. The van der Waals surface area contributed by atoms with Crippen LogP contribution in [0, 0.1) is 11.6 Å². The molecule has 1 aliphatic rings. The van der Waals surface area contributed by atoms with E-state index in [2.05, 4.69) is 10.6 Å². The monoisotopic (exact) mass is 328 g/mol.